The molecule has 1 N–H and O–H groups in total. The molecule has 18 heavy (non-hydrogen) atoms. The molecular weight excluding hydrogens is 262 g/mol. The second-order valence-electron chi connectivity index (χ2n) is 5.32. The minimum absolute atomic E-state index is 0.263. The molecule has 4 heteroatoms. The molecule has 0 bridgehead atoms. The molecule has 0 amide bonds. The van der Waals surface area contributed by atoms with Crippen molar-refractivity contribution < 1.29 is 5.11 Å². The zero-order valence-corrected chi connectivity index (χ0v) is 14.2. The lowest BCUT2D eigenvalue weighted by Gasteiger charge is -2.30. The molecule has 0 heterocycles. The lowest BCUT2D eigenvalue weighted by Crippen LogP contribution is -2.37. The van der Waals surface area contributed by atoms with Crippen LogP contribution in [0.3, 0.4) is 0 Å². The molecule has 0 spiro atoms. The molecule has 0 aliphatic heterocycles. The van der Waals surface area contributed by atoms with Crippen LogP contribution < -0.4 is 0 Å². The first-order valence-electron chi connectivity index (χ1n) is 7.19. The van der Waals surface area contributed by atoms with Crippen molar-refractivity contribution >= 4 is 21.6 Å². The molecule has 0 atom stereocenters. The van der Waals surface area contributed by atoms with Gasteiger partial charge in [-0.3, -0.25) is 4.90 Å². The summed E-state index contributed by atoms with van der Waals surface area (Å²) in [6.45, 7) is 12.1. The van der Waals surface area contributed by atoms with Gasteiger partial charge in [-0.2, -0.15) is 0 Å². The summed E-state index contributed by atoms with van der Waals surface area (Å²) in [5.74, 6) is 1.26. The van der Waals surface area contributed by atoms with Crippen LogP contribution in [0.25, 0.3) is 0 Å². The van der Waals surface area contributed by atoms with Gasteiger partial charge in [-0.1, -0.05) is 54.7 Å². The molecule has 0 rings (SSSR count). The second kappa shape index (κ2) is 11.4. The van der Waals surface area contributed by atoms with Crippen LogP contribution >= 0.6 is 21.6 Å². The van der Waals surface area contributed by atoms with E-state index in [0.717, 1.165) is 19.6 Å². The van der Waals surface area contributed by atoms with E-state index in [1.807, 2.05) is 21.6 Å². The smallest absolute Gasteiger partial charge is 0.0558 e. The number of aliphatic hydroxyl groups is 1. The normalized spacial score (nSPS) is 12.3. The Labute approximate surface area is 122 Å². The third-order valence-corrected chi connectivity index (χ3v) is 6.19. The van der Waals surface area contributed by atoms with Crippen molar-refractivity contribution in [2.24, 2.45) is 0 Å². The summed E-state index contributed by atoms with van der Waals surface area (Å²) in [7, 11) is 4.01. The van der Waals surface area contributed by atoms with Crippen LogP contribution in [0, 0.1) is 0 Å². The molecule has 110 valence electrons. The monoisotopic (exact) mass is 293 g/mol. The Kier molecular flexibility index (Phi) is 11.8. The van der Waals surface area contributed by atoms with E-state index in [9.17, 15) is 0 Å². The minimum Gasteiger partial charge on any atom is -0.395 e. The molecule has 2 nitrogen and oxygen atoms in total. The Morgan fingerprint density at radius 3 is 2.39 bits per heavy atom. The number of hydrogen-bond donors (Lipinski definition) is 1. The van der Waals surface area contributed by atoms with E-state index in [4.69, 9.17) is 5.11 Å². The number of hydrogen-bond acceptors (Lipinski definition) is 4. The summed E-state index contributed by atoms with van der Waals surface area (Å²) < 4.78 is 0.264. The Balaban J connectivity index is 3.71. The van der Waals surface area contributed by atoms with Gasteiger partial charge in [0.25, 0.3) is 0 Å². The standard InChI is InChI=1S/C14H31NOS2/c1-5-7-8-9-12-17-18-14(3,4)13-15(6-2)10-11-16/h16H,5-13H2,1-4H3. The molecule has 0 unspecified atom stereocenters. The van der Waals surface area contributed by atoms with Crippen molar-refractivity contribution in [2.45, 2.75) is 58.1 Å². The Bertz CT molecular complexity index is 189. The van der Waals surface area contributed by atoms with E-state index >= 15 is 0 Å². The highest BCUT2D eigenvalue weighted by Gasteiger charge is 2.21. The molecule has 0 aliphatic rings. The Hall–Kier alpha value is 0.620. The number of unbranched alkanes of at least 4 members (excludes halogenated alkanes) is 3. The largest absolute Gasteiger partial charge is 0.395 e. The molecule has 0 aromatic heterocycles. The number of nitrogens with zero attached hydrogens (tertiary/aromatic N) is 1. The van der Waals surface area contributed by atoms with Gasteiger partial charge in [0, 0.05) is 23.6 Å². The van der Waals surface area contributed by atoms with Gasteiger partial charge < -0.3 is 5.11 Å². The van der Waals surface area contributed by atoms with Crippen LogP contribution in [0.4, 0.5) is 0 Å². The van der Waals surface area contributed by atoms with Crippen molar-refractivity contribution in [2.75, 3.05) is 32.0 Å². The quantitative estimate of drug-likeness (QED) is 0.433. The molecule has 0 saturated heterocycles. The Morgan fingerprint density at radius 1 is 1.11 bits per heavy atom. The van der Waals surface area contributed by atoms with Crippen LogP contribution in [0.1, 0.15) is 53.4 Å². The fourth-order valence-corrected chi connectivity index (χ4v) is 4.52. The van der Waals surface area contributed by atoms with E-state index < -0.39 is 0 Å². The van der Waals surface area contributed by atoms with Crippen LogP contribution in [0.5, 0.6) is 0 Å². The van der Waals surface area contributed by atoms with Crippen molar-refractivity contribution in [1.82, 2.24) is 4.90 Å². The zero-order valence-electron chi connectivity index (χ0n) is 12.6. The molecule has 0 aromatic rings. The van der Waals surface area contributed by atoms with Crippen LogP contribution in [0.15, 0.2) is 0 Å². The first-order valence-corrected chi connectivity index (χ1v) is 9.51. The van der Waals surface area contributed by atoms with Gasteiger partial charge in [0.15, 0.2) is 0 Å². The second-order valence-corrected chi connectivity index (χ2v) is 8.44. The summed E-state index contributed by atoms with van der Waals surface area (Å²) >= 11 is 0. The highest BCUT2D eigenvalue weighted by molar-refractivity contribution is 8.77. The lowest BCUT2D eigenvalue weighted by molar-refractivity contribution is 0.194. The average molecular weight is 294 g/mol. The molecule has 0 aliphatic carbocycles. The van der Waals surface area contributed by atoms with E-state index in [1.165, 1.54) is 31.4 Å². The van der Waals surface area contributed by atoms with Gasteiger partial charge >= 0.3 is 0 Å². The summed E-state index contributed by atoms with van der Waals surface area (Å²) in [5.41, 5.74) is 0. The van der Waals surface area contributed by atoms with Gasteiger partial charge in [-0.05, 0) is 26.8 Å². The fourth-order valence-electron chi connectivity index (χ4n) is 1.84. The maximum absolute atomic E-state index is 9.01. The van der Waals surface area contributed by atoms with Crippen molar-refractivity contribution in [3.63, 3.8) is 0 Å². The highest BCUT2D eigenvalue weighted by atomic mass is 33.1. The van der Waals surface area contributed by atoms with Crippen LogP contribution in [-0.2, 0) is 0 Å². The SMILES string of the molecule is CCCCCCSSC(C)(C)CN(CC)CCO. The van der Waals surface area contributed by atoms with Gasteiger partial charge in [0.1, 0.15) is 0 Å². The number of likely N-dealkylation sites (N-methyl/N-ethyl adjacent to an activating group) is 1. The maximum atomic E-state index is 9.01. The molecule has 0 saturated carbocycles. The third kappa shape index (κ3) is 10.5. The number of aliphatic hydroxyl groups excluding tert-OH is 1. The van der Waals surface area contributed by atoms with Crippen molar-refractivity contribution in [3.8, 4) is 0 Å². The third-order valence-electron chi connectivity index (χ3n) is 2.83. The van der Waals surface area contributed by atoms with Crippen molar-refractivity contribution in [3.05, 3.63) is 0 Å². The van der Waals surface area contributed by atoms with Gasteiger partial charge in [0.05, 0.1) is 6.61 Å². The van der Waals surface area contributed by atoms with Crippen LogP contribution in [0.2, 0.25) is 0 Å². The topological polar surface area (TPSA) is 23.5 Å². The van der Waals surface area contributed by atoms with Gasteiger partial charge in [0.2, 0.25) is 0 Å². The van der Waals surface area contributed by atoms with Crippen molar-refractivity contribution in [1.29, 1.82) is 0 Å². The van der Waals surface area contributed by atoms with E-state index in [-0.39, 0.29) is 11.4 Å². The summed E-state index contributed by atoms with van der Waals surface area (Å²) in [6, 6.07) is 0. The number of rotatable bonds is 12. The van der Waals surface area contributed by atoms with E-state index in [1.54, 1.807) is 0 Å². The molecular formula is C14H31NOS2. The molecule has 0 fully saturated rings. The predicted octanol–water partition coefficient (Wildman–Crippen LogP) is 4.04. The fraction of sp³-hybridized carbons (Fsp3) is 1.00. The highest BCUT2D eigenvalue weighted by Crippen LogP contribution is 2.36. The first-order chi connectivity index (χ1) is 8.55. The zero-order chi connectivity index (χ0) is 13.9. The van der Waals surface area contributed by atoms with Crippen LogP contribution in [-0.4, -0.2) is 46.7 Å². The lowest BCUT2D eigenvalue weighted by atomic mass is 10.2. The van der Waals surface area contributed by atoms with E-state index in [2.05, 4.69) is 32.6 Å². The minimum atomic E-state index is 0.263. The predicted molar refractivity (Wildman–Crippen MR) is 87.5 cm³/mol. The van der Waals surface area contributed by atoms with Gasteiger partial charge in [-0.15, -0.1) is 0 Å². The molecule has 0 aromatic carbocycles. The average Bonchev–Trinajstić information content (AvgIpc) is 2.32. The van der Waals surface area contributed by atoms with E-state index in [0.29, 0.717) is 0 Å². The summed E-state index contributed by atoms with van der Waals surface area (Å²) in [6.07, 6.45) is 5.40. The Morgan fingerprint density at radius 2 is 1.83 bits per heavy atom. The summed E-state index contributed by atoms with van der Waals surface area (Å²) in [4.78, 5) is 2.32. The maximum Gasteiger partial charge on any atom is 0.0558 e. The first kappa shape index (κ1) is 18.6. The van der Waals surface area contributed by atoms with Gasteiger partial charge in [-0.25, -0.2) is 0 Å². The summed E-state index contributed by atoms with van der Waals surface area (Å²) in [5, 5.41) is 9.01. The molecule has 0 radical (unpaired) electrons.